The van der Waals surface area contributed by atoms with Crippen molar-refractivity contribution in [1.29, 1.82) is 0 Å². The zero-order valence-corrected chi connectivity index (χ0v) is 15.3. The Bertz CT molecular complexity index is 1020. The fourth-order valence-electron chi connectivity index (χ4n) is 3.50. The van der Waals surface area contributed by atoms with Crippen LogP contribution in [-0.2, 0) is 6.42 Å². The molecule has 0 aliphatic carbocycles. The number of piperidine rings is 1. The van der Waals surface area contributed by atoms with Crippen molar-refractivity contribution < 1.29 is 13.9 Å². The second-order valence-corrected chi connectivity index (χ2v) is 7.08. The lowest BCUT2D eigenvalue weighted by atomic mass is 10.0. The lowest BCUT2D eigenvalue weighted by molar-refractivity contribution is -0.0941. The smallest absolute Gasteiger partial charge is 0.250 e. The summed E-state index contributed by atoms with van der Waals surface area (Å²) in [6.45, 7) is 0.398. The van der Waals surface area contributed by atoms with E-state index >= 15 is 0 Å². The van der Waals surface area contributed by atoms with Gasteiger partial charge in [0.05, 0.1) is 0 Å². The van der Waals surface area contributed by atoms with Crippen molar-refractivity contribution in [1.82, 2.24) is 14.9 Å². The number of halogens is 2. The van der Waals surface area contributed by atoms with E-state index in [1.165, 1.54) is 0 Å². The third kappa shape index (κ3) is 4.06. The maximum Gasteiger partial charge on any atom is 0.250 e. The molecule has 3 heterocycles. The summed E-state index contributed by atoms with van der Waals surface area (Å²) in [7, 11) is 0. The number of alkyl halides is 2. The van der Waals surface area contributed by atoms with E-state index in [2.05, 4.69) is 21.8 Å². The molecule has 3 aromatic rings. The maximum absolute atomic E-state index is 13.3. The molecule has 1 unspecified atom stereocenters. The van der Waals surface area contributed by atoms with Gasteiger partial charge in [-0.25, -0.2) is 13.8 Å². The number of rotatable bonds is 3. The Labute approximate surface area is 162 Å². The van der Waals surface area contributed by atoms with Gasteiger partial charge < -0.3 is 10.1 Å². The highest BCUT2D eigenvalue weighted by Gasteiger charge is 2.35. The Morgan fingerprint density at radius 2 is 1.86 bits per heavy atom. The maximum atomic E-state index is 13.3. The van der Waals surface area contributed by atoms with Crippen LogP contribution in [-0.4, -0.2) is 45.2 Å². The van der Waals surface area contributed by atoms with Gasteiger partial charge in [-0.15, -0.1) is 0 Å². The van der Waals surface area contributed by atoms with Crippen LogP contribution in [0, 0.1) is 11.8 Å². The molecule has 2 aromatic heterocycles. The fourth-order valence-corrected chi connectivity index (χ4v) is 3.50. The average Bonchev–Trinajstić information content (AvgIpc) is 3.16. The quantitative estimate of drug-likeness (QED) is 0.682. The molecule has 4 rings (SSSR count). The van der Waals surface area contributed by atoms with Crippen molar-refractivity contribution in [2.45, 2.75) is 31.4 Å². The average molecular weight is 381 g/mol. The zero-order valence-electron chi connectivity index (χ0n) is 15.3. The minimum Gasteiger partial charge on any atom is -0.378 e. The molecule has 1 aliphatic rings. The number of aromatic amines is 1. The van der Waals surface area contributed by atoms with Gasteiger partial charge in [0, 0.05) is 61.3 Å². The van der Waals surface area contributed by atoms with E-state index in [-0.39, 0.29) is 25.9 Å². The van der Waals surface area contributed by atoms with Gasteiger partial charge in [-0.2, -0.15) is 0 Å². The molecule has 2 N–H and O–H groups in total. The first-order valence-electron chi connectivity index (χ1n) is 9.34. The molecule has 0 saturated carbocycles. The summed E-state index contributed by atoms with van der Waals surface area (Å²) in [5.41, 5.74) is 3.39. The molecular formula is C22H21F2N3O. The van der Waals surface area contributed by atoms with E-state index in [1.54, 1.807) is 11.1 Å². The van der Waals surface area contributed by atoms with Gasteiger partial charge in [0.25, 0.3) is 5.92 Å². The first-order valence-corrected chi connectivity index (χ1v) is 9.34. The molecule has 1 fully saturated rings. The van der Waals surface area contributed by atoms with Crippen LogP contribution in [0.25, 0.3) is 11.0 Å². The largest absolute Gasteiger partial charge is 0.378 e. The predicted octanol–water partition coefficient (Wildman–Crippen LogP) is 3.55. The minimum atomic E-state index is -2.62. The number of aliphatic hydroxyl groups is 1. The van der Waals surface area contributed by atoms with Crippen LogP contribution in [0.2, 0.25) is 0 Å². The molecule has 1 saturated heterocycles. The summed E-state index contributed by atoms with van der Waals surface area (Å²) in [4.78, 5) is 9.04. The lowest BCUT2D eigenvalue weighted by Crippen LogP contribution is -2.45. The van der Waals surface area contributed by atoms with Gasteiger partial charge in [0.1, 0.15) is 11.9 Å². The molecule has 0 bridgehead atoms. The van der Waals surface area contributed by atoms with Gasteiger partial charge in [-0.1, -0.05) is 30.0 Å². The van der Waals surface area contributed by atoms with E-state index in [1.807, 2.05) is 42.6 Å². The second kappa shape index (κ2) is 7.70. The molecule has 144 valence electrons. The first-order chi connectivity index (χ1) is 13.5. The van der Waals surface area contributed by atoms with E-state index in [0.29, 0.717) is 6.42 Å². The molecule has 4 nitrogen and oxygen atoms in total. The standard InChI is InChI=1S/C22H21F2N3O/c23-22(24)9-13-27(14-10-22)20(28)15-18-4-2-1-3-16(18)5-6-17-7-11-25-21-19(17)8-12-26-21/h1-4,7-8,11-12,20,28H,9-10,13-15H2,(H,25,26). The van der Waals surface area contributed by atoms with Gasteiger partial charge in [-0.3, -0.25) is 4.90 Å². The zero-order chi connectivity index (χ0) is 19.6. The molecular weight excluding hydrogens is 360 g/mol. The summed E-state index contributed by atoms with van der Waals surface area (Å²) in [6.07, 6.45) is 2.68. The van der Waals surface area contributed by atoms with Gasteiger partial charge in [0.15, 0.2) is 0 Å². The number of hydrogen-bond acceptors (Lipinski definition) is 3. The highest BCUT2D eigenvalue weighted by molar-refractivity contribution is 5.82. The van der Waals surface area contributed by atoms with Crippen molar-refractivity contribution in [2.75, 3.05) is 13.1 Å². The normalized spacial score (nSPS) is 17.8. The van der Waals surface area contributed by atoms with Gasteiger partial charge in [-0.05, 0) is 23.8 Å². The van der Waals surface area contributed by atoms with E-state index < -0.39 is 12.2 Å². The van der Waals surface area contributed by atoms with Gasteiger partial charge >= 0.3 is 0 Å². The summed E-state index contributed by atoms with van der Waals surface area (Å²) < 4.78 is 26.7. The number of nitrogens with zero attached hydrogens (tertiary/aromatic N) is 2. The van der Waals surface area contributed by atoms with E-state index in [0.717, 1.165) is 27.7 Å². The number of fused-ring (bicyclic) bond motifs is 1. The molecule has 0 amide bonds. The molecule has 1 atom stereocenters. The number of aromatic nitrogens is 2. The Hall–Kier alpha value is -2.75. The second-order valence-electron chi connectivity index (χ2n) is 7.08. The highest BCUT2D eigenvalue weighted by atomic mass is 19.3. The third-order valence-corrected chi connectivity index (χ3v) is 5.16. The highest BCUT2D eigenvalue weighted by Crippen LogP contribution is 2.29. The predicted molar refractivity (Wildman–Crippen MR) is 104 cm³/mol. The molecule has 6 heteroatoms. The molecule has 0 radical (unpaired) electrons. The summed E-state index contributed by atoms with van der Waals surface area (Å²) in [5.74, 6) is 3.76. The van der Waals surface area contributed by atoms with Crippen LogP contribution in [0.1, 0.15) is 29.5 Å². The molecule has 1 aliphatic heterocycles. The number of pyridine rings is 1. The van der Waals surface area contributed by atoms with E-state index in [9.17, 15) is 13.9 Å². The van der Waals surface area contributed by atoms with Crippen LogP contribution in [0.5, 0.6) is 0 Å². The van der Waals surface area contributed by atoms with Crippen molar-refractivity contribution in [3.8, 4) is 11.8 Å². The Balaban J connectivity index is 1.53. The lowest BCUT2D eigenvalue weighted by Gasteiger charge is -2.35. The monoisotopic (exact) mass is 381 g/mol. The van der Waals surface area contributed by atoms with Crippen LogP contribution in [0.15, 0.2) is 48.8 Å². The molecule has 1 aromatic carbocycles. The Morgan fingerprint density at radius 1 is 1.11 bits per heavy atom. The number of aliphatic hydroxyl groups excluding tert-OH is 1. The Morgan fingerprint density at radius 3 is 2.68 bits per heavy atom. The van der Waals surface area contributed by atoms with Crippen molar-refractivity contribution in [3.05, 3.63) is 65.5 Å². The number of benzene rings is 1. The SMILES string of the molecule is OC(Cc1ccccc1C#Cc1ccnc2[nH]ccc12)N1CCC(F)(F)CC1. The van der Waals surface area contributed by atoms with Crippen LogP contribution >= 0.6 is 0 Å². The van der Waals surface area contributed by atoms with E-state index in [4.69, 9.17) is 0 Å². The van der Waals surface area contributed by atoms with Crippen LogP contribution in [0.3, 0.4) is 0 Å². The number of H-pyrrole nitrogens is 1. The summed E-state index contributed by atoms with van der Waals surface area (Å²) >= 11 is 0. The summed E-state index contributed by atoms with van der Waals surface area (Å²) in [6, 6.07) is 11.4. The Kier molecular flexibility index (Phi) is 5.12. The molecule has 28 heavy (non-hydrogen) atoms. The third-order valence-electron chi connectivity index (χ3n) is 5.16. The molecule has 0 spiro atoms. The fraction of sp³-hybridized carbons (Fsp3) is 0.318. The number of nitrogens with one attached hydrogen (secondary N) is 1. The topological polar surface area (TPSA) is 52.2 Å². The van der Waals surface area contributed by atoms with Crippen LogP contribution < -0.4 is 0 Å². The number of likely N-dealkylation sites (tertiary alicyclic amines) is 1. The van der Waals surface area contributed by atoms with Crippen molar-refractivity contribution in [3.63, 3.8) is 0 Å². The minimum absolute atomic E-state index is 0.199. The number of hydrogen-bond donors (Lipinski definition) is 2. The van der Waals surface area contributed by atoms with Crippen molar-refractivity contribution in [2.24, 2.45) is 0 Å². The summed E-state index contributed by atoms with van der Waals surface area (Å²) in [5, 5.41) is 11.5. The first kappa shape index (κ1) is 18.6. The van der Waals surface area contributed by atoms with Crippen molar-refractivity contribution >= 4 is 11.0 Å². The van der Waals surface area contributed by atoms with Gasteiger partial charge in [0.2, 0.25) is 0 Å². The van der Waals surface area contributed by atoms with Crippen LogP contribution in [0.4, 0.5) is 8.78 Å².